The largest absolute Gasteiger partial charge is 0.288 e. The van der Waals surface area contributed by atoms with Crippen molar-refractivity contribution in [3.05, 3.63) is 39.8 Å². The topological polar surface area (TPSA) is 34.9 Å². The van der Waals surface area contributed by atoms with Gasteiger partial charge in [0, 0.05) is 12.7 Å². The zero-order chi connectivity index (χ0) is 11.5. The van der Waals surface area contributed by atoms with Gasteiger partial charge in [0.25, 0.3) is 0 Å². The minimum absolute atomic E-state index is 0.0894. The Kier molecular flexibility index (Phi) is 3.19. The van der Waals surface area contributed by atoms with Crippen LogP contribution in [0.15, 0.2) is 23.8 Å². The Labute approximate surface area is 98.7 Å². The second kappa shape index (κ2) is 4.61. The summed E-state index contributed by atoms with van der Waals surface area (Å²) in [5.74, 6) is 0.0894. The Morgan fingerprint density at radius 3 is 2.94 bits per heavy atom. The molecule has 0 atom stereocenters. The van der Waals surface area contributed by atoms with E-state index in [1.54, 1.807) is 10.9 Å². The molecule has 0 radical (unpaired) electrons. The number of ketones is 1. The van der Waals surface area contributed by atoms with E-state index in [-0.39, 0.29) is 5.78 Å². The molecule has 0 aromatic carbocycles. The highest BCUT2D eigenvalue weighted by atomic mass is 32.1. The summed E-state index contributed by atoms with van der Waals surface area (Å²) in [6.45, 7) is 4.86. The first-order valence-electron chi connectivity index (χ1n) is 5.39. The lowest BCUT2D eigenvalue weighted by Crippen LogP contribution is -2.00. The van der Waals surface area contributed by atoms with E-state index in [1.165, 1.54) is 11.3 Å². The van der Waals surface area contributed by atoms with Gasteiger partial charge in [-0.1, -0.05) is 6.92 Å². The van der Waals surface area contributed by atoms with Crippen LogP contribution in [0.4, 0.5) is 0 Å². The summed E-state index contributed by atoms with van der Waals surface area (Å²) in [6, 6.07) is 2.02. The minimum Gasteiger partial charge on any atom is -0.288 e. The van der Waals surface area contributed by atoms with Crippen molar-refractivity contribution in [1.82, 2.24) is 9.78 Å². The van der Waals surface area contributed by atoms with Crippen molar-refractivity contribution in [2.24, 2.45) is 0 Å². The molecule has 0 aliphatic carbocycles. The number of thiophene rings is 1. The van der Waals surface area contributed by atoms with Gasteiger partial charge >= 0.3 is 0 Å². The van der Waals surface area contributed by atoms with Gasteiger partial charge in [-0.3, -0.25) is 9.48 Å². The molecule has 2 heterocycles. The van der Waals surface area contributed by atoms with Gasteiger partial charge in [0.1, 0.15) is 0 Å². The molecule has 0 aliphatic heterocycles. The number of nitrogens with zero attached hydrogens (tertiary/aromatic N) is 2. The first-order chi connectivity index (χ1) is 7.76. The van der Waals surface area contributed by atoms with Crippen LogP contribution in [-0.4, -0.2) is 15.6 Å². The summed E-state index contributed by atoms with van der Waals surface area (Å²) in [6.07, 6.45) is 4.35. The van der Waals surface area contributed by atoms with Gasteiger partial charge in [0.2, 0.25) is 5.78 Å². The SMILES string of the molecule is CCc1ccsc1C(=O)c1cnn(CC)c1. The Morgan fingerprint density at radius 1 is 1.50 bits per heavy atom. The highest BCUT2D eigenvalue weighted by molar-refractivity contribution is 7.12. The number of aryl methyl sites for hydroxylation is 2. The zero-order valence-electron chi connectivity index (χ0n) is 9.43. The minimum atomic E-state index is 0.0894. The summed E-state index contributed by atoms with van der Waals surface area (Å²) >= 11 is 1.51. The van der Waals surface area contributed by atoms with E-state index in [4.69, 9.17) is 0 Å². The van der Waals surface area contributed by atoms with E-state index < -0.39 is 0 Å². The van der Waals surface area contributed by atoms with E-state index in [0.717, 1.165) is 23.4 Å². The maximum atomic E-state index is 12.2. The maximum absolute atomic E-state index is 12.2. The molecule has 0 fully saturated rings. The van der Waals surface area contributed by atoms with Crippen LogP contribution in [0.2, 0.25) is 0 Å². The van der Waals surface area contributed by atoms with E-state index in [1.807, 2.05) is 24.6 Å². The molecule has 0 amide bonds. The van der Waals surface area contributed by atoms with Crippen molar-refractivity contribution in [1.29, 1.82) is 0 Å². The molecule has 0 bridgehead atoms. The first kappa shape index (κ1) is 11.1. The monoisotopic (exact) mass is 234 g/mol. The van der Waals surface area contributed by atoms with Crippen molar-refractivity contribution < 1.29 is 4.79 Å². The molecule has 0 spiro atoms. The molecule has 2 aromatic rings. The Balaban J connectivity index is 2.31. The Morgan fingerprint density at radius 2 is 2.31 bits per heavy atom. The van der Waals surface area contributed by atoms with Crippen molar-refractivity contribution in [2.45, 2.75) is 26.8 Å². The molecule has 0 aliphatic rings. The molecule has 0 saturated carbocycles. The van der Waals surface area contributed by atoms with Crippen LogP contribution < -0.4 is 0 Å². The van der Waals surface area contributed by atoms with Crippen LogP contribution in [-0.2, 0) is 13.0 Å². The van der Waals surface area contributed by atoms with Crippen molar-refractivity contribution >= 4 is 17.1 Å². The number of hydrogen-bond acceptors (Lipinski definition) is 3. The molecule has 16 heavy (non-hydrogen) atoms. The van der Waals surface area contributed by atoms with Gasteiger partial charge in [0.15, 0.2) is 0 Å². The summed E-state index contributed by atoms with van der Waals surface area (Å²) in [5, 5.41) is 6.09. The van der Waals surface area contributed by atoms with E-state index in [2.05, 4.69) is 12.0 Å². The Hall–Kier alpha value is -1.42. The number of carbonyl (C=O) groups excluding carboxylic acids is 1. The standard InChI is InChI=1S/C12H14N2OS/c1-3-9-5-6-16-12(9)11(15)10-7-13-14(4-2)8-10/h5-8H,3-4H2,1-2H3. The number of aromatic nitrogens is 2. The highest BCUT2D eigenvalue weighted by Crippen LogP contribution is 2.21. The van der Waals surface area contributed by atoms with Crippen LogP contribution in [0.5, 0.6) is 0 Å². The second-order valence-electron chi connectivity index (χ2n) is 3.54. The van der Waals surface area contributed by atoms with Gasteiger partial charge in [0.05, 0.1) is 16.6 Å². The third-order valence-electron chi connectivity index (χ3n) is 2.55. The lowest BCUT2D eigenvalue weighted by molar-refractivity contribution is 0.104. The van der Waals surface area contributed by atoms with E-state index in [0.29, 0.717) is 5.56 Å². The normalized spacial score (nSPS) is 10.6. The van der Waals surface area contributed by atoms with Crippen molar-refractivity contribution in [3.8, 4) is 0 Å². The average molecular weight is 234 g/mol. The third-order valence-corrected chi connectivity index (χ3v) is 3.51. The summed E-state index contributed by atoms with van der Waals surface area (Å²) in [7, 11) is 0. The molecule has 2 aromatic heterocycles. The average Bonchev–Trinajstić information content (AvgIpc) is 2.96. The van der Waals surface area contributed by atoms with E-state index in [9.17, 15) is 4.79 Å². The summed E-state index contributed by atoms with van der Waals surface area (Å²) in [4.78, 5) is 13.0. The number of hydrogen-bond donors (Lipinski definition) is 0. The molecular weight excluding hydrogens is 220 g/mol. The molecule has 3 nitrogen and oxygen atoms in total. The number of rotatable bonds is 4. The second-order valence-corrected chi connectivity index (χ2v) is 4.46. The lowest BCUT2D eigenvalue weighted by atomic mass is 10.1. The Bertz CT molecular complexity index is 499. The van der Waals surface area contributed by atoms with Crippen molar-refractivity contribution in [3.63, 3.8) is 0 Å². The first-order valence-corrected chi connectivity index (χ1v) is 6.27. The fraction of sp³-hybridized carbons (Fsp3) is 0.333. The van der Waals surface area contributed by atoms with Gasteiger partial charge in [-0.25, -0.2) is 0 Å². The fourth-order valence-electron chi connectivity index (χ4n) is 1.60. The van der Waals surface area contributed by atoms with Crippen LogP contribution in [0, 0.1) is 0 Å². The van der Waals surface area contributed by atoms with Crippen molar-refractivity contribution in [2.75, 3.05) is 0 Å². The predicted octanol–water partition coefficient (Wildman–Crippen LogP) is 2.76. The van der Waals surface area contributed by atoms with E-state index >= 15 is 0 Å². The zero-order valence-corrected chi connectivity index (χ0v) is 10.3. The molecule has 84 valence electrons. The smallest absolute Gasteiger partial charge is 0.206 e. The molecule has 0 unspecified atom stereocenters. The molecular formula is C12H14N2OS. The van der Waals surface area contributed by atoms with Gasteiger partial charge in [-0.2, -0.15) is 5.10 Å². The highest BCUT2D eigenvalue weighted by Gasteiger charge is 2.15. The van der Waals surface area contributed by atoms with Crippen LogP contribution in [0.3, 0.4) is 0 Å². The molecule has 0 N–H and O–H groups in total. The summed E-state index contributed by atoms with van der Waals surface area (Å²) < 4.78 is 1.77. The van der Waals surface area contributed by atoms with Crippen LogP contribution in [0.1, 0.15) is 34.6 Å². The molecule has 0 saturated heterocycles. The molecule has 4 heteroatoms. The lowest BCUT2D eigenvalue weighted by Gasteiger charge is -1.97. The van der Waals surface area contributed by atoms with Crippen LogP contribution >= 0.6 is 11.3 Å². The quantitative estimate of drug-likeness (QED) is 0.762. The molecule has 2 rings (SSSR count). The third kappa shape index (κ3) is 1.93. The van der Waals surface area contributed by atoms with Gasteiger partial charge < -0.3 is 0 Å². The van der Waals surface area contributed by atoms with Gasteiger partial charge in [-0.15, -0.1) is 11.3 Å². The predicted molar refractivity (Wildman–Crippen MR) is 65.0 cm³/mol. The summed E-state index contributed by atoms with van der Waals surface area (Å²) in [5.41, 5.74) is 1.80. The van der Waals surface area contributed by atoms with Gasteiger partial charge in [-0.05, 0) is 30.4 Å². The van der Waals surface area contributed by atoms with Crippen LogP contribution in [0.25, 0.3) is 0 Å². The fourth-order valence-corrected chi connectivity index (χ4v) is 2.56. The number of carbonyl (C=O) groups is 1. The maximum Gasteiger partial charge on any atom is 0.206 e.